The molecule has 3 aromatic rings. The van der Waals surface area contributed by atoms with Gasteiger partial charge < -0.3 is 4.74 Å². The second-order valence-corrected chi connectivity index (χ2v) is 5.39. The molecule has 0 aliphatic carbocycles. The van der Waals surface area contributed by atoms with Crippen molar-refractivity contribution in [1.82, 2.24) is 9.55 Å². The van der Waals surface area contributed by atoms with Crippen molar-refractivity contribution in [2.45, 2.75) is 13.8 Å². The fraction of sp³-hybridized carbons (Fsp3) is 0.158. The number of carbonyl (C=O) groups excluding carboxylic acids is 1. The van der Waals surface area contributed by atoms with E-state index >= 15 is 0 Å². The van der Waals surface area contributed by atoms with Gasteiger partial charge in [0.2, 0.25) is 0 Å². The van der Waals surface area contributed by atoms with Crippen LogP contribution in [-0.2, 0) is 0 Å². The molecule has 0 amide bonds. The zero-order valence-electron chi connectivity index (χ0n) is 13.5. The molecule has 0 fully saturated rings. The highest BCUT2D eigenvalue weighted by molar-refractivity contribution is 5.74. The number of hydrogen-bond acceptors (Lipinski definition) is 3. The molecule has 0 saturated carbocycles. The largest absolute Gasteiger partial charge is 0.494 e. The van der Waals surface area contributed by atoms with E-state index in [1.807, 2.05) is 44.2 Å². The first-order valence-corrected chi connectivity index (χ1v) is 7.66. The first-order valence-electron chi connectivity index (χ1n) is 7.66. The third kappa shape index (κ3) is 3.06. The van der Waals surface area contributed by atoms with E-state index < -0.39 is 0 Å². The van der Waals surface area contributed by atoms with Crippen LogP contribution in [0.1, 0.15) is 23.0 Å². The third-order valence-electron chi connectivity index (χ3n) is 3.62. The zero-order valence-corrected chi connectivity index (χ0v) is 13.5. The summed E-state index contributed by atoms with van der Waals surface area (Å²) in [4.78, 5) is 15.4. The van der Waals surface area contributed by atoms with Crippen LogP contribution in [0, 0.1) is 12.7 Å². The summed E-state index contributed by atoms with van der Waals surface area (Å²) in [6, 6.07) is 12.3. The number of nitrogens with zero attached hydrogens (tertiary/aromatic N) is 2. The second-order valence-electron chi connectivity index (χ2n) is 5.39. The quantitative estimate of drug-likeness (QED) is 0.661. The summed E-state index contributed by atoms with van der Waals surface area (Å²) in [5.74, 6) is 0.704. The van der Waals surface area contributed by atoms with Crippen molar-refractivity contribution in [3.05, 3.63) is 65.7 Å². The van der Waals surface area contributed by atoms with Crippen LogP contribution in [0.25, 0.3) is 17.1 Å². The van der Waals surface area contributed by atoms with Crippen molar-refractivity contribution in [3.63, 3.8) is 0 Å². The van der Waals surface area contributed by atoms with Crippen LogP contribution in [0.4, 0.5) is 4.39 Å². The topological polar surface area (TPSA) is 44.1 Å². The smallest absolute Gasteiger partial charge is 0.170 e. The Labute approximate surface area is 139 Å². The summed E-state index contributed by atoms with van der Waals surface area (Å²) in [5.41, 5.74) is 2.15. The van der Waals surface area contributed by atoms with Gasteiger partial charge in [-0.25, -0.2) is 9.37 Å². The summed E-state index contributed by atoms with van der Waals surface area (Å²) in [6.07, 6.45) is 2.24. The van der Waals surface area contributed by atoms with E-state index in [1.165, 1.54) is 6.07 Å². The number of imidazole rings is 1. The minimum atomic E-state index is -0.375. The second kappa shape index (κ2) is 6.66. The number of aromatic nitrogens is 2. The van der Waals surface area contributed by atoms with Crippen LogP contribution in [0.2, 0.25) is 0 Å². The Kier molecular flexibility index (Phi) is 4.42. The van der Waals surface area contributed by atoms with Crippen molar-refractivity contribution in [2.75, 3.05) is 6.61 Å². The van der Waals surface area contributed by atoms with Crippen molar-refractivity contribution >= 4 is 6.29 Å². The molecule has 0 aliphatic heterocycles. The normalized spacial score (nSPS) is 10.6. The SMILES string of the molecule is CCOc1cccc(-n2cc(C=O)nc2-c2ccc(C)cc2F)c1. The van der Waals surface area contributed by atoms with Crippen molar-refractivity contribution in [1.29, 1.82) is 0 Å². The number of carbonyl (C=O) groups is 1. The van der Waals surface area contributed by atoms with Gasteiger partial charge in [-0.15, -0.1) is 0 Å². The minimum Gasteiger partial charge on any atom is -0.494 e. The van der Waals surface area contributed by atoms with E-state index in [-0.39, 0.29) is 11.5 Å². The maximum Gasteiger partial charge on any atom is 0.170 e. The number of benzene rings is 2. The Morgan fingerprint density at radius 3 is 2.79 bits per heavy atom. The predicted octanol–water partition coefficient (Wildman–Crippen LogP) is 4.20. The molecule has 1 aromatic heterocycles. The molecular formula is C19H17FN2O2. The molecule has 1 heterocycles. The van der Waals surface area contributed by atoms with E-state index in [4.69, 9.17) is 4.74 Å². The predicted molar refractivity (Wildman–Crippen MR) is 90.3 cm³/mol. The molecule has 24 heavy (non-hydrogen) atoms. The lowest BCUT2D eigenvalue weighted by molar-refractivity contribution is 0.111. The van der Waals surface area contributed by atoms with Gasteiger partial charge in [0.05, 0.1) is 17.9 Å². The van der Waals surface area contributed by atoms with Crippen LogP contribution >= 0.6 is 0 Å². The fourth-order valence-corrected chi connectivity index (χ4v) is 2.53. The first kappa shape index (κ1) is 15.9. The van der Waals surface area contributed by atoms with E-state index in [2.05, 4.69) is 4.98 Å². The van der Waals surface area contributed by atoms with Gasteiger partial charge in [0.15, 0.2) is 6.29 Å². The molecule has 122 valence electrons. The fourth-order valence-electron chi connectivity index (χ4n) is 2.53. The lowest BCUT2D eigenvalue weighted by atomic mass is 10.1. The van der Waals surface area contributed by atoms with E-state index in [9.17, 15) is 9.18 Å². The molecule has 2 aromatic carbocycles. The maximum atomic E-state index is 14.4. The summed E-state index contributed by atoms with van der Waals surface area (Å²) < 4.78 is 21.6. The Bertz CT molecular complexity index is 887. The van der Waals surface area contributed by atoms with Crippen LogP contribution < -0.4 is 4.74 Å². The summed E-state index contributed by atoms with van der Waals surface area (Å²) in [5, 5.41) is 0. The lowest BCUT2D eigenvalue weighted by Gasteiger charge is -2.11. The van der Waals surface area contributed by atoms with Gasteiger partial charge in [0.1, 0.15) is 23.1 Å². The number of aryl methyl sites for hydroxylation is 1. The minimum absolute atomic E-state index is 0.242. The van der Waals surface area contributed by atoms with Crippen LogP contribution in [0.3, 0.4) is 0 Å². The van der Waals surface area contributed by atoms with Gasteiger partial charge in [-0.3, -0.25) is 9.36 Å². The van der Waals surface area contributed by atoms with E-state index in [0.29, 0.717) is 30.0 Å². The van der Waals surface area contributed by atoms with Gasteiger partial charge in [-0.2, -0.15) is 0 Å². The third-order valence-corrected chi connectivity index (χ3v) is 3.62. The molecule has 0 unspecified atom stereocenters. The summed E-state index contributed by atoms with van der Waals surface area (Å²) in [7, 11) is 0. The number of halogens is 1. The highest BCUT2D eigenvalue weighted by Crippen LogP contribution is 2.27. The van der Waals surface area contributed by atoms with Gasteiger partial charge in [0.25, 0.3) is 0 Å². The van der Waals surface area contributed by atoms with Gasteiger partial charge in [-0.1, -0.05) is 12.1 Å². The number of hydrogen-bond donors (Lipinski definition) is 0. The highest BCUT2D eigenvalue weighted by atomic mass is 19.1. The van der Waals surface area contributed by atoms with Crippen molar-refractivity contribution < 1.29 is 13.9 Å². The average molecular weight is 324 g/mol. The molecule has 0 spiro atoms. The van der Waals surface area contributed by atoms with Gasteiger partial charge >= 0.3 is 0 Å². The molecular weight excluding hydrogens is 307 g/mol. The van der Waals surface area contributed by atoms with Crippen molar-refractivity contribution in [3.8, 4) is 22.8 Å². The van der Waals surface area contributed by atoms with E-state index in [1.54, 1.807) is 16.8 Å². The van der Waals surface area contributed by atoms with Gasteiger partial charge in [0, 0.05) is 12.3 Å². The zero-order chi connectivity index (χ0) is 17.1. The average Bonchev–Trinajstić information content (AvgIpc) is 2.99. The molecule has 0 N–H and O–H groups in total. The molecule has 0 saturated heterocycles. The van der Waals surface area contributed by atoms with Crippen LogP contribution in [0.5, 0.6) is 5.75 Å². The van der Waals surface area contributed by atoms with Crippen molar-refractivity contribution in [2.24, 2.45) is 0 Å². The molecule has 3 rings (SSSR count). The molecule has 0 aliphatic rings. The lowest BCUT2D eigenvalue weighted by Crippen LogP contribution is -1.99. The molecule has 4 nitrogen and oxygen atoms in total. The van der Waals surface area contributed by atoms with Gasteiger partial charge in [-0.05, 0) is 43.7 Å². The number of ether oxygens (including phenoxy) is 1. The molecule has 5 heteroatoms. The summed E-state index contributed by atoms with van der Waals surface area (Å²) in [6.45, 7) is 4.27. The molecule has 0 bridgehead atoms. The Morgan fingerprint density at radius 1 is 1.25 bits per heavy atom. The Morgan fingerprint density at radius 2 is 2.08 bits per heavy atom. The highest BCUT2D eigenvalue weighted by Gasteiger charge is 2.15. The Balaban J connectivity index is 2.16. The van der Waals surface area contributed by atoms with E-state index in [0.717, 1.165) is 11.3 Å². The number of rotatable bonds is 5. The Hall–Kier alpha value is -2.95. The van der Waals surface area contributed by atoms with Crippen LogP contribution in [-0.4, -0.2) is 22.4 Å². The first-order chi connectivity index (χ1) is 11.6. The summed E-state index contributed by atoms with van der Waals surface area (Å²) >= 11 is 0. The standard InChI is InChI=1S/C19H17FN2O2/c1-3-24-16-6-4-5-15(10-16)22-11-14(12-23)21-19(22)17-8-7-13(2)9-18(17)20/h4-12H,3H2,1-2H3. The van der Waals surface area contributed by atoms with Crippen LogP contribution in [0.15, 0.2) is 48.7 Å². The maximum absolute atomic E-state index is 14.4. The molecule has 0 radical (unpaired) electrons. The molecule has 0 atom stereocenters. The number of aldehydes is 1. The monoisotopic (exact) mass is 324 g/mol.